The van der Waals surface area contributed by atoms with E-state index in [1.807, 2.05) is 20.8 Å². The molecule has 0 saturated heterocycles. The quantitative estimate of drug-likeness (QED) is 0.641. The van der Waals surface area contributed by atoms with E-state index in [2.05, 4.69) is 5.32 Å². The highest BCUT2D eigenvalue weighted by Crippen LogP contribution is 2.32. The molecule has 4 nitrogen and oxygen atoms in total. The number of anilines is 2. The first-order valence-electron chi connectivity index (χ1n) is 7.12. The minimum absolute atomic E-state index is 0.0119. The third kappa shape index (κ3) is 3.76. The summed E-state index contributed by atoms with van der Waals surface area (Å²) in [5, 5.41) is 12.8. The van der Waals surface area contributed by atoms with Crippen molar-refractivity contribution in [2.24, 2.45) is 0 Å². The van der Waals surface area contributed by atoms with Gasteiger partial charge in [0, 0.05) is 12.1 Å². The van der Waals surface area contributed by atoms with Crippen LogP contribution in [0.25, 0.3) is 0 Å². The normalized spacial score (nSPS) is 11.4. The molecule has 0 aliphatic carbocycles. The van der Waals surface area contributed by atoms with Gasteiger partial charge in [0.25, 0.3) is 0 Å². The second-order valence-electron chi connectivity index (χ2n) is 4.99. The van der Waals surface area contributed by atoms with Gasteiger partial charge < -0.3 is 20.9 Å². The average molecular weight is 284 g/mol. The van der Waals surface area contributed by atoms with Crippen LogP contribution in [0.1, 0.15) is 40.0 Å². The van der Waals surface area contributed by atoms with Crippen molar-refractivity contribution < 1.29 is 14.2 Å². The van der Waals surface area contributed by atoms with Crippen molar-refractivity contribution in [3.8, 4) is 5.75 Å². The lowest BCUT2D eigenvalue weighted by Crippen LogP contribution is -2.41. The molecule has 0 aliphatic heterocycles. The fourth-order valence-corrected chi connectivity index (χ4v) is 1.98. The average Bonchev–Trinajstić information content (AvgIpc) is 2.46. The Kier molecular flexibility index (Phi) is 6.07. The predicted octanol–water partition coefficient (Wildman–Crippen LogP) is 3.16. The summed E-state index contributed by atoms with van der Waals surface area (Å²) in [5.74, 6) is -0.285. The Morgan fingerprint density at radius 3 is 2.45 bits per heavy atom. The number of halogens is 1. The zero-order chi connectivity index (χ0) is 15.2. The molecule has 0 heterocycles. The van der Waals surface area contributed by atoms with Crippen LogP contribution in [0.3, 0.4) is 0 Å². The molecule has 0 aliphatic rings. The Hall–Kier alpha value is -1.49. The van der Waals surface area contributed by atoms with Crippen molar-refractivity contribution in [3.05, 3.63) is 17.9 Å². The van der Waals surface area contributed by atoms with E-state index in [-0.39, 0.29) is 12.4 Å². The minimum Gasteiger partial charge on any atom is -0.490 e. The number of hydrogen-bond acceptors (Lipinski definition) is 4. The van der Waals surface area contributed by atoms with Crippen LogP contribution in [-0.2, 0) is 0 Å². The molecule has 1 aromatic rings. The summed E-state index contributed by atoms with van der Waals surface area (Å²) in [6.45, 7) is 6.37. The molecule has 114 valence electrons. The molecule has 1 rings (SSSR count). The number of aliphatic hydroxyl groups excluding tert-OH is 1. The minimum atomic E-state index is -0.468. The summed E-state index contributed by atoms with van der Waals surface area (Å²) >= 11 is 0. The van der Waals surface area contributed by atoms with E-state index >= 15 is 0 Å². The third-order valence-electron chi connectivity index (χ3n) is 3.62. The van der Waals surface area contributed by atoms with Gasteiger partial charge in [0.05, 0.1) is 30.1 Å². The number of rotatable bonds is 8. The molecule has 5 heteroatoms. The first-order chi connectivity index (χ1) is 9.51. The van der Waals surface area contributed by atoms with Crippen LogP contribution in [0.4, 0.5) is 15.8 Å². The maximum absolute atomic E-state index is 13.8. The molecule has 0 spiro atoms. The molecule has 0 atom stereocenters. The van der Waals surface area contributed by atoms with Gasteiger partial charge in [-0.15, -0.1) is 0 Å². The summed E-state index contributed by atoms with van der Waals surface area (Å²) in [5.41, 5.74) is 6.30. The fourth-order valence-electron chi connectivity index (χ4n) is 1.98. The Morgan fingerprint density at radius 1 is 1.30 bits per heavy atom. The van der Waals surface area contributed by atoms with Gasteiger partial charge in [-0.1, -0.05) is 20.8 Å². The number of benzene rings is 1. The number of hydrogen-bond donors (Lipinski definition) is 3. The van der Waals surface area contributed by atoms with Crippen LogP contribution < -0.4 is 15.8 Å². The third-order valence-corrected chi connectivity index (χ3v) is 3.62. The monoisotopic (exact) mass is 284 g/mol. The highest BCUT2D eigenvalue weighted by Gasteiger charge is 2.26. The highest BCUT2D eigenvalue weighted by atomic mass is 19.1. The molecule has 0 saturated carbocycles. The van der Waals surface area contributed by atoms with Crippen LogP contribution in [-0.4, -0.2) is 23.9 Å². The molecule has 0 unspecified atom stereocenters. The fraction of sp³-hybridized carbons (Fsp3) is 0.600. The van der Waals surface area contributed by atoms with Crippen molar-refractivity contribution in [2.75, 3.05) is 24.3 Å². The van der Waals surface area contributed by atoms with Gasteiger partial charge in [0.1, 0.15) is 0 Å². The maximum Gasteiger partial charge on any atom is 0.167 e. The summed E-state index contributed by atoms with van der Waals surface area (Å²) in [4.78, 5) is 0. The van der Waals surface area contributed by atoms with Crippen LogP contribution in [0.2, 0.25) is 0 Å². The molecular formula is C15H25FN2O2. The Labute approximate surface area is 120 Å². The van der Waals surface area contributed by atoms with Crippen LogP contribution in [0.15, 0.2) is 12.1 Å². The summed E-state index contributed by atoms with van der Waals surface area (Å²) in [7, 11) is 0. The van der Waals surface area contributed by atoms with Crippen molar-refractivity contribution >= 4 is 11.4 Å². The SMILES string of the molecule is CCCOc1cc(NC(CC)(CC)CO)c(N)cc1F. The van der Waals surface area contributed by atoms with Gasteiger partial charge in [-0.25, -0.2) is 4.39 Å². The van der Waals surface area contributed by atoms with Crippen molar-refractivity contribution in [1.82, 2.24) is 0 Å². The van der Waals surface area contributed by atoms with Gasteiger partial charge >= 0.3 is 0 Å². The number of ether oxygens (including phenoxy) is 1. The lowest BCUT2D eigenvalue weighted by molar-refractivity contribution is 0.202. The zero-order valence-electron chi connectivity index (χ0n) is 12.5. The molecule has 0 aromatic heterocycles. The van der Waals surface area contributed by atoms with Crippen LogP contribution >= 0.6 is 0 Å². The second-order valence-corrected chi connectivity index (χ2v) is 4.99. The highest BCUT2D eigenvalue weighted by molar-refractivity contribution is 5.69. The van der Waals surface area contributed by atoms with Crippen LogP contribution in [0, 0.1) is 5.82 Å². The predicted molar refractivity (Wildman–Crippen MR) is 80.6 cm³/mol. The maximum atomic E-state index is 13.8. The standard InChI is InChI=1S/C15H25FN2O2/c1-4-7-20-14-9-13(12(17)8-11(14)16)18-15(5-2,6-3)10-19/h8-9,18-19H,4-7,10,17H2,1-3H3. The van der Waals surface area contributed by atoms with Crippen molar-refractivity contribution in [2.45, 2.75) is 45.6 Å². The van der Waals surface area contributed by atoms with Gasteiger partial charge in [0.2, 0.25) is 0 Å². The molecule has 0 amide bonds. The number of nitrogens with one attached hydrogen (secondary N) is 1. The smallest absolute Gasteiger partial charge is 0.167 e. The zero-order valence-corrected chi connectivity index (χ0v) is 12.5. The van der Waals surface area contributed by atoms with E-state index in [0.717, 1.165) is 19.3 Å². The largest absolute Gasteiger partial charge is 0.490 e. The molecular weight excluding hydrogens is 259 g/mol. The Morgan fingerprint density at radius 2 is 1.95 bits per heavy atom. The Bertz CT molecular complexity index is 426. The summed E-state index contributed by atoms with van der Waals surface area (Å²) in [6, 6.07) is 2.82. The van der Waals surface area contributed by atoms with Crippen molar-refractivity contribution in [3.63, 3.8) is 0 Å². The molecule has 0 bridgehead atoms. The summed E-state index contributed by atoms with van der Waals surface area (Å²) < 4.78 is 19.1. The number of nitrogen functional groups attached to an aromatic ring is 1. The van der Waals surface area contributed by atoms with E-state index in [0.29, 0.717) is 18.0 Å². The van der Waals surface area contributed by atoms with E-state index < -0.39 is 11.4 Å². The lowest BCUT2D eigenvalue weighted by Gasteiger charge is -2.32. The second kappa shape index (κ2) is 7.33. The van der Waals surface area contributed by atoms with Crippen molar-refractivity contribution in [1.29, 1.82) is 0 Å². The number of nitrogens with two attached hydrogens (primary N) is 1. The van der Waals surface area contributed by atoms with Gasteiger partial charge in [-0.3, -0.25) is 0 Å². The first-order valence-corrected chi connectivity index (χ1v) is 7.12. The number of aliphatic hydroxyl groups is 1. The van der Waals surface area contributed by atoms with E-state index in [4.69, 9.17) is 10.5 Å². The lowest BCUT2D eigenvalue weighted by atomic mass is 9.93. The van der Waals surface area contributed by atoms with E-state index in [1.54, 1.807) is 6.07 Å². The van der Waals surface area contributed by atoms with Gasteiger partial charge in [-0.05, 0) is 19.3 Å². The van der Waals surface area contributed by atoms with Gasteiger partial charge in [0.15, 0.2) is 11.6 Å². The molecule has 4 N–H and O–H groups in total. The first kappa shape index (κ1) is 16.6. The Balaban J connectivity index is 3.04. The van der Waals surface area contributed by atoms with Crippen LogP contribution in [0.5, 0.6) is 5.75 Å². The van der Waals surface area contributed by atoms with Gasteiger partial charge in [-0.2, -0.15) is 0 Å². The molecule has 0 radical (unpaired) electrons. The van der Waals surface area contributed by atoms with E-state index in [9.17, 15) is 9.50 Å². The molecule has 1 aromatic carbocycles. The molecule has 20 heavy (non-hydrogen) atoms. The summed E-state index contributed by atoms with van der Waals surface area (Å²) in [6.07, 6.45) is 2.28. The van der Waals surface area contributed by atoms with E-state index in [1.165, 1.54) is 6.07 Å². The molecule has 0 fully saturated rings. The topological polar surface area (TPSA) is 67.5 Å².